The Morgan fingerprint density at radius 1 is 1.12 bits per heavy atom. The first-order chi connectivity index (χ1) is 12.6. The Balaban J connectivity index is 1.43. The zero-order chi connectivity index (χ0) is 18.4. The van der Waals surface area contributed by atoms with Gasteiger partial charge in [0.2, 0.25) is 5.91 Å². The second-order valence-electron chi connectivity index (χ2n) is 6.47. The van der Waals surface area contributed by atoms with Gasteiger partial charge in [-0.15, -0.1) is 0 Å². The molecule has 1 aliphatic rings. The van der Waals surface area contributed by atoms with E-state index >= 15 is 0 Å². The lowest BCUT2D eigenvalue weighted by Crippen LogP contribution is -2.39. The van der Waals surface area contributed by atoms with Crippen LogP contribution in [0.1, 0.15) is 24.0 Å². The highest BCUT2D eigenvalue weighted by molar-refractivity contribution is 6.31. The number of hydrogen-bond donors (Lipinski definition) is 1. The summed E-state index contributed by atoms with van der Waals surface area (Å²) in [5.74, 6) is -0.0117. The van der Waals surface area contributed by atoms with Gasteiger partial charge in [-0.1, -0.05) is 47.5 Å². The van der Waals surface area contributed by atoms with Gasteiger partial charge >= 0.3 is 0 Å². The van der Waals surface area contributed by atoms with E-state index in [0.29, 0.717) is 5.02 Å². The van der Waals surface area contributed by atoms with E-state index in [9.17, 15) is 4.79 Å². The van der Waals surface area contributed by atoms with Crippen LogP contribution in [0.3, 0.4) is 0 Å². The van der Waals surface area contributed by atoms with Crippen molar-refractivity contribution in [2.45, 2.75) is 19.4 Å². The molecule has 1 saturated heterocycles. The largest absolute Gasteiger partial charge is 0.299 e. The summed E-state index contributed by atoms with van der Waals surface area (Å²) in [6.45, 7) is 2.69. The Labute approximate surface area is 163 Å². The van der Waals surface area contributed by atoms with Crippen LogP contribution in [0.5, 0.6) is 0 Å². The quantitative estimate of drug-likeness (QED) is 0.609. The van der Waals surface area contributed by atoms with Gasteiger partial charge in [0.15, 0.2) is 0 Å². The molecule has 0 unspecified atom stereocenters. The molecule has 1 aliphatic heterocycles. The second-order valence-corrected chi connectivity index (χ2v) is 7.34. The van der Waals surface area contributed by atoms with Gasteiger partial charge in [-0.05, 0) is 61.3 Å². The number of carbonyl (C=O) groups is 1. The normalized spacial score (nSPS) is 16.1. The summed E-state index contributed by atoms with van der Waals surface area (Å²) in [5, 5.41) is 5.44. The van der Waals surface area contributed by atoms with E-state index in [2.05, 4.69) is 15.4 Å². The number of benzene rings is 2. The number of likely N-dealkylation sites (tertiary alicyclic amines) is 1. The van der Waals surface area contributed by atoms with E-state index in [1.165, 1.54) is 5.56 Å². The maximum absolute atomic E-state index is 12.3. The van der Waals surface area contributed by atoms with Crippen LogP contribution in [0.15, 0.2) is 53.6 Å². The molecule has 0 spiro atoms. The highest BCUT2D eigenvalue weighted by atomic mass is 35.5. The molecule has 6 heteroatoms. The Kier molecular flexibility index (Phi) is 6.67. The van der Waals surface area contributed by atoms with Gasteiger partial charge in [0.25, 0.3) is 0 Å². The SMILES string of the molecule is O=C(N/N=C/c1cccc(Cl)c1)C1CCN(Cc2ccc(Cl)cc2)CC1. The van der Waals surface area contributed by atoms with Crippen molar-refractivity contribution in [2.75, 3.05) is 13.1 Å². The fourth-order valence-corrected chi connectivity index (χ4v) is 3.37. The zero-order valence-corrected chi connectivity index (χ0v) is 15.9. The lowest BCUT2D eigenvalue weighted by atomic mass is 9.96. The van der Waals surface area contributed by atoms with Crippen molar-refractivity contribution in [3.63, 3.8) is 0 Å². The van der Waals surface area contributed by atoms with Crippen molar-refractivity contribution >= 4 is 35.3 Å². The Morgan fingerprint density at radius 2 is 1.85 bits per heavy atom. The van der Waals surface area contributed by atoms with Crippen molar-refractivity contribution in [3.05, 3.63) is 69.7 Å². The molecular weight excluding hydrogens is 369 g/mol. The average Bonchev–Trinajstić information content (AvgIpc) is 2.64. The molecule has 136 valence electrons. The fraction of sp³-hybridized carbons (Fsp3) is 0.300. The molecule has 0 atom stereocenters. The van der Waals surface area contributed by atoms with Crippen molar-refractivity contribution in [3.8, 4) is 0 Å². The van der Waals surface area contributed by atoms with Gasteiger partial charge in [-0.2, -0.15) is 5.10 Å². The predicted octanol–water partition coefficient (Wildman–Crippen LogP) is 4.36. The third-order valence-corrected chi connectivity index (χ3v) is 5.00. The van der Waals surface area contributed by atoms with Crippen molar-refractivity contribution in [1.29, 1.82) is 0 Å². The smallest absolute Gasteiger partial charge is 0.243 e. The Bertz CT molecular complexity index is 769. The molecule has 26 heavy (non-hydrogen) atoms. The molecule has 0 radical (unpaired) electrons. The van der Waals surface area contributed by atoms with Gasteiger partial charge in [0.05, 0.1) is 6.21 Å². The highest BCUT2D eigenvalue weighted by Crippen LogP contribution is 2.20. The van der Waals surface area contributed by atoms with Gasteiger partial charge in [0.1, 0.15) is 0 Å². The summed E-state index contributed by atoms with van der Waals surface area (Å²) in [7, 11) is 0. The van der Waals surface area contributed by atoms with Crippen LogP contribution in [-0.2, 0) is 11.3 Å². The number of hydrazone groups is 1. The second kappa shape index (κ2) is 9.17. The molecule has 0 bridgehead atoms. The van der Waals surface area contributed by atoms with Gasteiger partial charge in [-0.3, -0.25) is 9.69 Å². The summed E-state index contributed by atoms with van der Waals surface area (Å²) in [6.07, 6.45) is 3.29. The summed E-state index contributed by atoms with van der Waals surface area (Å²) in [4.78, 5) is 14.6. The van der Waals surface area contributed by atoms with E-state index in [1.54, 1.807) is 18.3 Å². The summed E-state index contributed by atoms with van der Waals surface area (Å²) >= 11 is 11.8. The van der Waals surface area contributed by atoms with Crippen molar-refractivity contribution < 1.29 is 4.79 Å². The van der Waals surface area contributed by atoms with Crippen molar-refractivity contribution in [1.82, 2.24) is 10.3 Å². The van der Waals surface area contributed by atoms with E-state index in [4.69, 9.17) is 23.2 Å². The molecular formula is C20H21Cl2N3O. The van der Waals surface area contributed by atoms with Crippen LogP contribution in [0.2, 0.25) is 10.0 Å². The number of halogens is 2. The number of piperidine rings is 1. The standard InChI is InChI=1S/C20H21Cl2N3O/c21-18-6-4-15(5-7-18)14-25-10-8-17(9-11-25)20(26)24-23-13-16-2-1-3-19(22)12-16/h1-7,12-13,17H,8-11,14H2,(H,24,26)/b23-13+. The van der Waals surface area contributed by atoms with Crippen LogP contribution in [0, 0.1) is 5.92 Å². The summed E-state index contributed by atoms with van der Waals surface area (Å²) < 4.78 is 0. The van der Waals surface area contributed by atoms with E-state index < -0.39 is 0 Å². The minimum atomic E-state index is -0.0191. The maximum atomic E-state index is 12.3. The molecule has 3 rings (SSSR count). The molecule has 1 fully saturated rings. The first-order valence-corrected chi connectivity index (χ1v) is 9.41. The van der Waals surface area contributed by atoms with Gasteiger partial charge < -0.3 is 0 Å². The molecule has 0 saturated carbocycles. The Hall–Kier alpha value is -1.88. The van der Waals surface area contributed by atoms with E-state index in [-0.39, 0.29) is 11.8 Å². The molecule has 0 aliphatic carbocycles. The number of nitrogens with one attached hydrogen (secondary N) is 1. The fourth-order valence-electron chi connectivity index (χ4n) is 3.05. The van der Waals surface area contributed by atoms with Crippen molar-refractivity contribution in [2.24, 2.45) is 11.0 Å². The number of amides is 1. The molecule has 0 aromatic heterocycles. The predicted molar refractivity (Wildman–Crippen MR) is 107 cm³/mol. The van der Waals surface area contributed by atoms with Crippen LogP contribution >= 0.6 is 23.2 Å². The summed E-state index contributed by atoms with van der Waals surface area (Å²) in [5.41, 5.74) is 4.74. The van der Waals surface area contributed by atoms with Crippen LogP contribution in [-0.4, -0.2) is 30.1 Å². The minimum absolute atomic E-state index is 0.00739. The van der Waals surface area contributed by atoms with Crippen LogP contribution in [0.25, 0.3) is 0 Å². The van der Waals surface area contributed by atoms with Gasteiger partial charge in [0, 0.05) is 22.5 Å². The summed E-state index contributed by atoms with van der Waals surface area (Å²) in [6, 6.07) is 15.3. The maximum Gasteiger partial charge on any atom is 0.243 e. The average molecular weight is 390 g/mol. The number of nitrogens with zero attached hydrogens (tertiary/aromatic N) is 2. The van der Waals surface area contributed by atoms with Gasteiger partial charge in [-0.25, -0.2) is 5.43 Å². The lowest BCUT2D eigenvalue weighted by Gasteiger charge is -2.30. The number of rotatable bonds is 5. The molecule has 4 nitrogen and oxygen atoms in total. The highest BCUT2D eigenvalue weighted by Gasteiger charge is 2.24. The third kappa shape index (κ3) is 5.56. The third-order valence-electron chi connectivity index (χ3n) is 4.51. The molecule has 2 aromatic carbocycles. The molecule has 1 amide bonds. The van der Waals surface area contributed by atoms with Crippen LogP contribution in [0.4, 0.5) is 0 Å². The number of carbonyl (C=O) groups excluding carboxylic acids is 1. The Morgan fingerprint density at radius 3 is 2.54 bits per heavy atom. The minimum Gasteiger partial charge on any atom is -0.299 e. The van der Waals surface area contributed by atoms with E-state index in [0.717, 1.165) is 43.1 Å². The van der Waals surface area contributed by atoms with Crippen LogP contribution < -0.4 is 5.43 Å². The van der Waals surface area contributed by atoms with E-state index in [1.807, 2.05) is 36.4 Å². The lowest BCUT2D eigenvalue weighted by molar-refractivity contribution is -0.126. The number of hydrogen-bond acceptors (Lipinski definition) is 3. The first-order valence-electron chi connectivity index (χ1n) is 8.65. The molecule has 2 aromatic rings. The first kappa shape index (κ1) is 18.9. The topological polar surface area (TPSA) is 44.7 Å². The molecule has 1 heterocycles. The molecule has 1 N–H and O–H groups in total. The monoisotopic (exact) mass is 389 g/mol. The zero-order valence-electron chi connectivity index (χ0n) is 14.4.